The van der Waals surface area contributed by atoms with Crippen molar-refractivity contribution in [3.05, 3.63) is 23.8 Å². The molecule has 1 saturated heterocycles. The third-order valence-corrected chi connectivity index (χ3v) is 3.72. The number of hydrogen-bond donors (Lipinski definition) is 0. The summed E-state index contributed by atoms with van der Waals surface area (Å²) in [7, 11) is 0. The van der Waals surface area contributed by atoms with E-state index >= 15 is 0 Å². The highest BCUT2D eigenvalue weighted by atomic mass is 32.2. The van der Waals surface area contributed by atoms with Gasteiger partial charge in [-0.2, -0.15) is 13.2 Å². The van der Waals surface area contributed by atoms with Crippen molar-refractivity contribution in [1.29, 1.82) is 0 Å². The first-order valence-electron chi connectivity index (χ1n) is 6.13. The fourth-order valence-electron chi connectivity index (χ4n) is 1.91. The first kappa shape index (κ1) is 14.5. The average molecular weight is 292 g/mol. The average Bonchev–Trinajstić information content (AvgIpc) is 2.83. The molecule has 2 nitrogen and oxygen atoms in total. The minimum atomic E-state index is -4.37. The van der Waals surface area contributed by atoms with Gasteiger partial charge in [-0.15, -0.1) is 11.8 Å². The molecular formula is C13H15F3O2S. The minimum absolute atomic E-state index is 0.146. The second-order valence-corrected chi connectivity index (χ2v) is 5.40. The Bertz CT molecular complexity index is 428. The summed E-state index contributed by atoms with van der Waals surface area (Å²) < 4.78 is 49.7. The molecular weight excluding hydrogens is 277 g/mol. The van der Waals surface area contributed by atoms with E-state index in [9.17, 15) is 13.2 Å². The van der Waals surface area contributed by atoms with Crippen molar-refractivity contribution in [2.45, 2.75) is 37.1 Å². The van der Waals surface area contributed by atoms with E-state index in [0.29, 0.717) is 18.8 Å². The van der Waals surface area contributed by atoms with Gasteiger partial charge in [-0.25, -0.2) is 0 Å². The van der Waals surface area contributed by atoms with E-state index in [2.05, 4.69) is 0 Å². The van der Waals surface area contributed by atoms with Crippen LogP contribution in [0.2, 0.25) is 0 Å². The molecule has 106 valence electrons. The zero-order chi connectivity index (χ0) is 13.9. The van der Waals surface area contributed by atoms with E-state index < -0.39 is 18.0 Å². The number of ether oxygens (including phenoxy) is 2. The third kappa shape index (κ3) is 3.57. The third-order valence-electron chi connectivity index (χ3n) is 2.72. The molecule has 0 aromatic heterocycles. The number of alkyl halides is 3. The van der Waals surface area contributed by atoms with E-state index in [1.54, 1.807) is 6.07 Å². The van der Waals surface area contributed by atoms with E-state index in [1.165, 1.54) is 6.07 Å². The van der Waals surface area contributed by atoms with Gasteiger partial charge in [-0.05, 0) is 24.3 Å². The van der Waals surface area contributed by atoms with Gasteiger partial charge in [0, 0.05) is 6.42 Å². The molecule has 0 bridgehead atoms. The Hall–Kier alpha value is -0.880. The van der Waals surface area contributed by atoms with Gasteiger partial charge in [-0.1, -0.05) is 13.0 Å². The van der Waals surface area contributed by atoms with Crippen LogP contribution in [0, 0.1) is 0 Å². The van der Waals surface area contributed by atoms with E-state index in [1.807, 2.05) is 6.92 Å². The molecule has 19 heavy (non-hydrogen) atoms. The van der Waals surface area contributed by atoms with E-state index in [4.69, 9.17) is 9.47 Å². The molecule has 0 radical (unpaired) electrons. The Morgan fingerprint density at radius 2 is 2.21 bits per heavy atom. The van der Waals surface area contributed by atoms with Crippen LogP contribution >= 0.6 is 11.8 Å². The Morgan fingerprint density at radius 3 is 2.79 bits per heavy atom. The van der Waals surface area contributed by atoms with Gasteiger partial charge in [-0.3, -0.25) is 0 Å². The lowest BCUT2D eigenvalue weighted by atomic mass is 10.2. The van der Waals surface area contributed by atoms with Crippen LogP contribution in [0.5, 0.6) is 5.75 Å². The highest BCUT2D eigenvalue weighted by Crippen LogP contribution is 2.42. The number of halogens is 3. The molecule has 1 fully saturated rings. The topological polar surface area (TPSA) is 18.5 Å². The molecule has 0 spiro atoms. The quantitative estimate of drug-likeness (QED) is 0.769. The predicted molar refractivity (Wildman–Crippen MR) is 67.4 cm³/mol. The van der Waals surface area contributed by atoms with Gasteiger partial charge in [0.05, 0.1) is 17.1 Å². The lowest BCUT2D eigenvalue weighted by Gasteiger charge is -2.19. The molecule has 0 amide bonds. The van der Waals surface area contributed by atoms with Gasteiger partial charge >= 0.3 is 6.18 Å². The maximum Gasteiger partial charge on any atom is 0.417 e. The monoisotopic (exact) mass is 292 g/mol. The fraction of sp³-hybridized carbons (Fsp3) is 0.538. The first-order chi connectivity index (χ1) is 9.02. The molecule has 1 aromatic rings. The van der Waals surface area contributed by atoms with Crippen molar-refractivity contribution < 1.29 is 22.6 Å². The molecule has 2 rings (SSSR count). The van der Waals surface area contributed by atoms with Crippen molar-refractivity contribution >= 4 is 11.8 Å². The van der Waals surface area contributed by atoms with E-state index in [0.717, 1.165) is 24.2 Å². The van der Waals surface area contributed by atoms with E-state index in [-0.39, 0.29) is 10.6 Å². The Labute approximate surface area is 114 Å². The maximum atomic E-state index is 13.0. The lowest BCUT2D eigenvalue weighted by Crippen LogP contribution is -2.16. The van der Waals surface area contributed by atoms with Crippen LogP contribution < -0.4 is 4.74 Å². The summed E-state index contributed by atoms with van der Waals surface area (Å²) in [4.78, 5) is 0.146. The summed E-state index contributed by atoms with van der Waals surface area (Å²) in [5.41, 5.74) is -0.644. The van der Waals surface area contributed by atoms with Crippen LogP contribution in [0.4, 0.5) is 13.2 Å². The van der Waals surface area contributed by atoms with Crippen LogP contribution in [-0.2, 0) is 10.9 Å². The molecule has 0 saturated carbocycles. The molecule has 1 aromatic carbocycles. The van der Waals surface area contributed by atoms with Gasteiger partial charge in [0.25, 0.3) is 0 Å². The van der Waals surface area contributed by atoms with Crippen LogP contribution in [0.15, 0.2) is 23.1 Å². The molecule has 1 unspecified atom stereocenters. The predicted octanol–water partition coefficient (Wildman–Crippen LogP) is 4.33. The molecule has 0 N–H and O–H groups in total. The zero-order valence-corrected chi connectivity index (χ0v) is 11.3. The van der Waals surface area contributed by atoms with Crippen molar-refractivity contribution in [2.75, 3.05) is 12.4 Å². The second-order valence-electron chi connectivity index (χ2n) is 4.12. The highest BCUT2D eigenvalue weighted by Gasteiger charge is 2.35. The molecule has 0 aliphatic carbocycles. The molecule has 1 atom stereocenters. The van der Waals surface area contributed by atoms with Crippen LogP contribution in [0.25, 0.3) is 0 Å². The smallest absolute Gasteiger partial charge is 0.417 e. The van der Waals surface area contributed by atoms with Gasteiger partial charge in [0.1, 0.15) is 5.75 Å². The normalized spacial score (nSPS) is 19.7. The summed E-state index contributed by atoms with van der Waals surface area (Å²) >= 11 is 1.14. The van der Waals surface area contributed by atoms with Crippen LogP contribution in [-0.4, -0.2) is 18.6 Å². The Kier molecular flexibility index (Phi) is 4.62. The standard InChI is InChI=1S/C13H15F3O2S/c1-2-19-12-9(13(14,15)16)5-3-6-10(12)18-11-7-4-8-17-11/h3,5-6,11H,2,4,7-8H2,1H3. The Balaban J connectivity index is 2.30. The number of rotatable bonds is 4. The van der Waals surface area contributed by atoms with Crippen LogP contribution in [0.1, 0.15) is 25.3 Å². The summed E-state index contributed by atoms with van der Waals surface area (Å²) in [6.07, 6.45) is -3.21. The number of hydrogen-bond acceptors (Lipinski definition) is 3. The summed E-state index contributed by atoms with van der Waals surface area (Å²) in [5, 5.41) is 0. The summed E-state index contributed by atoms with van der Waals surface area (Å²) in [6.45, 7) is 2.41. The summed E-state index contributed by atoms with van der Waals surface area (Å²) in [5.74, 6) is 0.809. The van der Waals surface area contributed by atoms with Gasteiger partial charge in [0.2, 0.25) is 0 Å². The fourth-order valence-corrected chi connectivity index (χ4v) is 2.79. The van der Waals surface area contributed by atoms with Crippen molar-refractivity contribution in [3.63, 3.8) is 0 Å². The number of thioether (sulfide) groups is 1. The Morgan fingerprint density at radius 1 is 1.42 bits per heavy atom. The van der Waals surface area contributed by atoms with Gasteiger partial charge in [0.15, 0.2) is 6.29 Å². The lowest BCUT2D eigenvalue weighted by molar-refractivity contribution is -0.140. The number of benzene rings is 1. The van der Waals surface area contributed by atoms with Crippen molar-refractivity contribution in [3.8, 4) is 5.75 Å². The molecule has 1 aliphatic rings. The molecule has 6 heteroatoms. The van der Waals surface area contributed by atoms with Crippen molar-refractivity contribution in [1.82, 2.24) is 0 Å². The van der Waals surface area contributed by atoms with Gasteiger partial charge < -0.3 is 9.47 Å². The summed E-state index contributed by atoms with van der Waals surface area (Å²) in [6, 6.07) is 4.02. The molecule has 1 aliphatic heterocycles. The minimum Gasteiger partial charge on any atom is -0.464 e. The largest absolute Gasteiger partial charge is 0.464 e. The van der Waals surface area contributed by atoms with Crippen molar-refractivity contribution in [2.24, 2.45) is 0 Å². The first-order valence-corrected chi connectivity index (χ1v) is 7.12. The second kappa shape index (κ2) is 6.05. The highest BCUT2D eigenvalue weighted by molar-refractivity contribution is 7.99. The zero-order valence-electron chi connectivity index (χ0n) is 10.5. The van der Waals surface area contributed by atoms with Crippen LogP contribution in [0.3, 0.4) is 0 Å². The maximum absolute atomic E-state index is 13.0. The molecule has 1 heterocycles. The SMILES string of the molecule is CCSc1c(OC2CCCO2)cccc1C(F)(F)F.